The number of phenols is 1. The van der Waals surface area contributed by atoms with E-state index >= 15 is 0 Å². The molecule has 2 N–H and O–H groups in total. The molecule has 116 valence electrons. The number of rotatable bonds is 5. The summed E-state index contributed by atoms with van der Waals surface area (Å²) in [5.74, 6) is 0.992. The van der Waals surface area contributed by atoms with Crippen LogP contribution in [-0.4, -0.2) is 16.8 Å². The number of para-hydroxylation sites is 1. The number of hydrogen-bond donors (Lipinski definition) is 2. The van der Waals surface area contributed by atoms with E-state index in [0.717, 1.165) is 5.56 Å². The average Bonchev–Trinajstić information content (AvgIpc) is 2.61. The summed E-state index contributed by atoms with van der Waals surface area (Å²) in [6.07, 6.45) is 7.11. The van der Waals surface area contributed by atoms with Gasteiger partial charge in [-0.3, -0.25) is 0 Å². The molecule has 0 aromatic heterocycles. The van der Waals surface area contributed by atoms with Crippen LogP contribution in [0.2, 0.25) is 0 Å². The van der Waals surface area contributed by atoms with E-state index in [4.69, 9.17) is 4.74 Å². The van der Waals surface area contributed by atoms with E-state index in [1.807, 2.05) is 42.5 Å². The van der Waals surface area contributed by atoms with Crippen LogP contribution in [0.25, 0.3) is 0 Å². The topological polar surface area (TPSA) is 49.7 Å². The lowest BCUT2D eigenvalue weighted by Crippen LogP contribution is -2.09. The van der Waals surface area contributed by atoms with Crippen molar-refractivity contribution in [1.29, 1.82) is 0 Å². The van der Waals surface area contributed by atoms with Crippen molar-refractivity contribution in [2.24, 2.45) is 0 Å². The highest BCUT2D eigenvalue weighted by Crippen LogP contribution is 2.26. The van der Waals surface area contributed by atoms with Crippen molar-refractivity contribution >= 4 is 0 Å². The van der Waals surface area contributed by atoms with E-state index in [2.05, 4.69) is 11.8 Å². The summed E-state index contributed by atoms with van der Waals surface area (Å²) < 4.78 is 5.61. The first kappa shape index (κ1) is 15.2. The van der Waals surface area contributed by atoms with Gasteiger partial charge in [-0.15, -0.1) is 5.73 Å². The van der Waals surface area contributed by atoms with Gasteiger partial charge in [0.1, 0.15) is 24.2 Å². The van der Waals surface area contributed by atoms with Crippen LogP contribution in [-0.2, 0) is 0 Å². The Balaban J connectivity index is 1.62. The second-order valence-corrected chi connectivity index (χ2v) is 5.37. The Morgan fingerprint density at radius 2 is 1.87 bits per heavy atom. The number of ether oxygens (including phenoxy) is 1. The minimum Gasteiger partial charge on any atom is -0.508 e. The molecule has 0 amide bonds. The maximum Gasteiger partial charge on any atom is 0.121 e. The van der Waals surface area contributed by atoms with Crippen LogP contribution in [0, 0.1) is 0 Å². The molecule has 0 radical (unpaired) electrons. The lowest BCUT2D eigenvalue weighted by Gasteiger charge is -2.15. The van der Waals surface area contributed by atoms with Crippen LogP contribution in [0.4, 0.5) is 0 Å². The van der Waals surface area contributed by atoms with Gasteiger partial charge in [0, 0.05) is 11.5 Å². The maximum absolute atomic E-state index is 10.1. The van der Waals surface area contributed by atoms with Crippen LogP contribution in [0.15, 0.2) is 78.6 Å². The summed E-state index contributed by atoms with van der Waals surface area (Å²) >= 11 is 0. The van der Waals surface area contributed by atoms with Gasteiger partial charge in [0.05, 0.1) is 0 Å². The summed E-state index contributed by atoms with van der Waals surface area (Å²) in [6.45, 7) is 0.0862. The molecule has 2 aromatic rings. The third-order valence-electron chi connectivity index (χ3n) is 3.76. The number of benzene rings is 2. The summed E-state index contributed by atoms with van der Waals surface area (Å²) in [4.78, 5) is 0. The lowest BCUT2D eigenvalue weighted by atomic mass is 9.97. The number of aromatic hydroxyl groups is 1. The van der Waals surface area contributed by atoms with Crippen LogP contribution in [0.3, 0.4) is 0 Å². The maximum atomic E-state index is 10.1. The van der Waals surface area contributed by atoms with Crippen molar-refractivity contribution in [2.75, 3.05) is 6.61 Å². The predicted molar refractivity (Wildman–Crippen MR) is 89.5 cm³/mol. The fourth-order valence-electron chi connectivity index (χ4n) is 2.47. The molecule has 2 atom stereocenters. The molecule has 23 heavy (non-hydrogen) atoms. The van der Waals surface area contributed by atoms with Gasteiger partial charge in [0.25, 0.3) is 0 Å². The minimum absolute atomic E-state index is 0.0721. The van der Waals surface area contributed by atoms with E-state index in [-0.39, 0.29) is 18.3 Å². The lowest BCUT2D eigenvalue weighted by molar-refractivity contribution is 0.106. The van der Waals surface area contributed by atoms with Gasteiger partial charge in [-0.1, -0.05) is 42.5 Å². The van der Waals surface area contributed by atoms with Crippen molar-refractivity contribution in [3.05, 3.63) is 89.7 Å². The van der Waals surface area contributed by atoms with Crippen LogP contribution in [0.1, 0.15) is 23.1 Å². The molecule has 0 spiro atoms. The number of aliphatic hydroxyl groups is 1. The zero-order valence-corrected chi connectivity index (χ0v) is 12.6. The highest BCUT2D eigenvalue weighted by atomic mass is 16.5. The fraction of sp³-hybridized carbons (Fsp3) is 0.150. The number of phenolic OH excluding ortho intramolecular Hbond substituents is 1. The second-order valence-electron chi connectivity index (χ2n) is 5.37. The molecule has 0 saturated heterocycles. The van der Waals surface area contributed by atoms with Gasteiger partial charge in [-0.2, -0.15) is 0 Å². The van der Waals surface area contributed by atoms with Gasteiger partial charge in [-0.05, 0) is 35.9 Å². The monoisotopic (exact) mass is 306 g/mol. The van der Waals surface area contributed by atoms with Crippen molar-refractivity contribution in [3.63, 3.8) is 0 Å². The largest absolute Gasteiger partial charge is 0.508 e. The Kier molecular flexibility index (Phi) is 4.62. The molecule has 2 unspecified atom stereocenters. The average molecular weight is 306 g/mol. The van der Waals surface area contributed by atoms with E-state index < -0.39 is 6.10 Å². The Hall–Kier alpha value is -2.74. The fourth-order valence-corrected chi connectivity index (χ4v) is 2.47. The Morgan fingerprint density at radius 3 is 2.57 bits per heavy atom. The number of hydrogen-bond acceptors (Lipinski definition) is 3. The van der Waals surface area contributed by atoms with Gasteiger partial charge in [-0.25, -0.2) is 0 Å². The Morgan fingerprint density at radius 1 is 1.09 bits per heavy atom. The van der Waals surface area contributed by atoms with Crippen molar-refractivity contribution in [1.82, 2.24) is 0 Å². The van der Waals surface area contributed by atoms with Crippen molar-refractivity contribution < 1.29 is 14.9 Å². The molecular weight excluding hydrogens is 288 g/mol. The van der Waals surface area contributed by atoms with E-state index in [0.29, 0.717) is 11.3 Å². The molecule has 2 aromatic carbocycles. The highest BCUT2D eigenvalue weighted by Gasteiger charge is 2.12. The van der Waals surface area contributed by atoms with Crippen molar-refractivity contribution in [3.8, 4) is 11.5 Å². The number of allylic oxidation sites excluding steroid dienone is 3. The first-order valence-corrected chi connectivity index (χ1v) is 7.52. The third kappa shape index (κ3) is 3.72. The molecule has 1 aliphatic rings. The Bertz CT molecular complexity index is 753. The van der Waals surface area contributed by atoms with Crippen molar-refractivity contribution in [2.45, 2.75) is 12.0 Å². The molecule has 3 rings (SSSR count). The van der Waals surface area contributed by atoms with Crippen LogP contribution in [0.5, 0.6) is 11.5 Å². The zero-order chi connectivity index (χ0) is 16.1. The van der Waals surface area contributed by atoms with Crippen LogP contribution >= 0.6 is 0 Å². The SMILES string of the molecule is Oc1ccccc1C(O)COc1ccc(C2C=C=CC=C2)cc1. The summed E-state index contributed by atoms with van der Waals surface area (Å²) in [5, 5.41) is 19.8. The molecule has 0 bridgehead atoms. The third-order valence-corrected chi connectivity index (χ3v) is 3.76. The van der Waals surface area contributed by atoms with Gasteiger partial charge in [0.15, 0.2) is 0 Å². The number of aliphatic hydroxyl groups excluding tert-OH is 1. The van der Waals surface area contributed by atoms with E-state index in [1.54, 1.807) is 24.3 Å². The predicted octanol–water partition coefficient (Wildman–Crippen LogP) is 3.87. The molecule has 0 saturated carbocycles. The first-order chi connectivity index (χ1) is 11.2. The minimum atomic E-state index is -0.870. The molecular formula is C20H18O3. The Labute approximate surface area is 135 Å². The molecule has 0 aliphatic heterocycles. The second kappa shape index (κ2) is 7.01. The van der Waals surface area contributed by atoms with E-state index in [9.17, 15) is 10.2 Å². The molecule has 3 heteroatoms. The summed E-state index contributed by atoms with van der Waals surface area (Å²) in [5.41, 5.74) is 4.72. The quantitative estimate of drug-likeness (QED) is 0.824. The van der Waals surface area contributed by atoms with Gasteiger partial charge in [0.2, 0.25) is 0 Å². The summed E-state index contributed by atoms with van der Waals surface area (Å²) in [7, 11) is 0. The van der Waals surface area contributed by atoms with E-state index in [1.165, 1.54) is 0 Å². The first-order valence-electron chi connectivity index (χ1n) is 7.52. The van der Waals surface area contributed by atoms with Crippen LogP contribution < -0.4 is 4.74 Å². The molecule has 1 aliphatic carbocycles. The standard InChI is InChI=1S/C20H18O3/c21-19-9-5-4-8-18(19)20(22)14-23-17-12-10-16(11-13-17)15-6-2-1-3-7-15/h1-2,4-13,15,20-22H,14H2. The highest BCUT2D eigenvalue weighted by molar-refractivity contribution is 5.37. The van der Waals surface area contributed by atoms with Gasteiger partial charge >= 0.3 is 0 Å². The normalized spacial score (nSPS) is 17.2. The smallest absolute Gasteiger partial charge is 0.121 e. The zero-order valence-electron chi connectivity index (χ0n) is 12.6. The summed E-state index contributed by atoms with van der Waals surface area (Å²) in [6, 6.07) is 14.5. The molecule has 3 nitrogen and oxygen atoms in total. The van der Waals surface area contributed by atoms with Gasteiger partial charge < -0.3 is 14.9 Å². The molecule has 0 fully saturated rings. The molecule has 0 heterocycles.